The molecule has 0 radical (unpaired) electrons. The third-order valence-electron chi connectivity index (χ3n) is 6.98. The zero-order valence-electron chi connectivity index (χ0n) is 19.7. The second-order valence-electron chi connectivity index (χ2n) is 10.2. The van der Waals surface area contributed by atoms with E-state index < -0.39 is 5.79 Å². The SMILES string of the molecule is Cc1nc(NCC2CC2)nc(N[C@@H]2C[C@H](CO)[C@H]3OC(C)(C)O[C@H]32)c1-c1nc2ccccc2s1. The van der Waals surface area contributed by atoms with Crippen LogP contribution in [0.1, 0.15) is 38.8 Å². The Labute approximate surface area is 203 Å². The summed E-state index contributed by atoms with van der Waals surface area (Å²) in [5.41, 5.74) is 2.77. The molecule has 1 aromatic carbocycles. The summed E-state index contributed by atoms with van der Waals surface area (Å²) >= 11 is 1.65. The Hall–Kier alpha value is -2.33. The fourth-order valence-corrected chi connectivity index (χ4v) is 6.20. The van der Waals surface area contributed by atoms with E-state index in [0.717, 1.165) is 51.2 Å². The Morgan fingerprint density at radius 1 is 1.12 bits per heavy atom. The number of nitrogens with zero attached hydrogens (tertiary/aromatic N) is 3. The van der Waals surface area contributed by atoms with Gasteiger partial charge in [-0.15, -0.1) is 11.3 Å². The molecule has 9 heteroatoms. The molecule has 3 aromatic rings. The number of fused-ring (bicyclic) bond motifs is 2. The lowest BCUT2D eigenvalue weighted by atomic mass is 10.1. The second kappa shape index (κ2) is 8.41. The first-order valence-electron chi connectivity index (χ1n) is 12.1. The predicted octanol–water partition coefficient (Wildman–Crippen LogP) is 4.20. The molecule has 0 spiro atoms. The van der Waals surface area contributed by atoms with Crippen LogP contribution in [0.2, 0.25) is 0 Å². The summed E-state index contributed by atoms with van der Waals surface area (Å²) in [5.74, 6) is 1.45. The molecule has 2 saturated carbocycles. The average molecular weight is 482 g/mol. The number of ether oxygens (including phenoxy) is 2. The first-order chi connectivity index (χ1) is 16.4. The number of hydrogen-bond donors (Lipinski definition) is 3. The van der Waals surface area contributed by atoms with Gasteiger partial charge in [-0.05, 0) is 58.1 Å². The van der Waals surface area contributed by atoms with Gasteiger partial charge in [0.25, 0.3) is 0 Å². The van der Waals surface area contributed by atoms with Gasteiger partial charge < -0.3 is 25.2 Å². The van der Waals surface area contributed by atoms with Crippen molar-refractivity contribution in [3.8, 4) is 10.6 Å². The van der Waals surface area contributed by atoms with Crippen molar-refractivity contribution in [1.82, 2.24) is 15.0 Å². The van der Waals surface area contributed by atoms with Crippen molar-refractivity contribution >= 4 is 33.3 Å². The van der Waals surface area contributed by atoms with Gasteiger partial charge in [0, 0.05) is 19.1 Å². The van der Waals surface area contributed by atoms with Crippen LogP contribution in [0.3, 0.4) is 0 Å². The van der Waals surface area contributed by atoms with Crippen LogP contribution in [0, 0.1) is 18.8 Å². The van der Waals surface area contributed by atoms with Crippen molar-refractivity contribution < 1.29 is 14.6 Å². The zero-order chi connectivity index (χ0) is 23.4. The van der Waals surface area contributed by atoms with Crippen molar-refractivity contribution in [2.45, 2.75) is 64.1 Å². The molecule has 1 saturated heterocycles. The van der Waals surface area contributed by atoms with Crippen molar-refractivity contribution in [2.75, 3.05) is 23.8 Å². The maximum atomic E-state index is 9.99. The van der Waals surface area contributed by atoms with E-state index in [1.807, 2.05) is 39.0 Å². The van der Waals surface area contributed by atoms with Crippen LogP contribution < -0.4 is 10.6 Å². The topological polar surface area (TPSA) is 101 Å². The van der Waals surface area contributed by atoms with Gasteiger partial charge in [0.1, 0.15) is 16.9 Å². The molecule has 3 fully saturated rings. The lowest BCUT2D eigenvalue weighted by molar-refractivity contribution is -0.158. The molecule has 3 aliphatic rings. The molecular formula is C25H31N5O3S. The Morgan fingerprint density at radius 3 is 2.68 bits per heavy atom. The number of anilines is 2. The van der Waals surface area contributed by atoms with Crippen molar-refractivity contribution in [3.63, 3.8) is 0 Å². The average Bonchev–Trinajstić information content (AvgIpc) is 3.33. The van der Waals surface area contributed by atoms with Crippen LogP contribution >= 0.6 is 11.3 Å². The Morgan fingerprint density at radius 2 is 1.91 bits per heavy atom. The Kier molecular flexibility index (Phi) is 5.48. The molecule has 2 aromatic heterocycles. The molecule has 4 atom stereocenters. The maximum Gasteiger partial charge on any atom is 0.224 e. The van der Waals surface area contributed by atoms with E-state index in [1.54, 1.807) is 11.3 Å². The number of thiazole rings is 1. The lowest BCUT2D eigenvalue weighted by Gasteiger charge is -2.25. The number of nitrogens with one attached hydrogen (secondary N) is 2. The minimum Gasteiger partial charge on any atom is -0.396 e. The minimum absolute atomic E-state index is 0.0190. The van der Waals surface area contributed by atoms with Crippen LogP contribution in [0.4, 0.5) is 11.8 Å². The van der Waals surface area contributed by atoms with Crippen LogP contribution in [0.25, 0.3) is 20.8 Å². The predicted molar refractivity (Wildman–Crippen MR) is 133 cm³/mol. The number of para-hydroxylation sites is 1. The quantitative estimate of drug-likeness (QED) is 0.462. The number of aliphatic hydroxyl groups excluding tert-OH is 1. The van der Waals surface area contributed by atoms with E-state index >= 15 is 0 Å². The van der Waals surface area contributed by atoms with Gasteiger partial charge in [-0.2, -0.15) is 4.98 Å². The molecule has 0 amide bonds. The Balaban J connectivity index is 1.37. The van der Waals surface area contributed by atoms with E-state index in [-0.39, 0.29) is 30.8 Å². The smallest absolute Gasteiger partial charge is 0.224 e. The van der Waals surface area contributed by atoms with Gasteiger partial charge in [-0.1, -0.05) is 12.1 Å². The van der Waals surface area contributed by atoms with Gasteiger partial charge in [0.05, 0.1) is 33.6 Å². The number of aliphatic hydroxyl groups is 1. The van der Waals surface area contributed by atoms with Crippen LogP contribution in [0.15, 0.2) is 24.3 Å². The molecule has 0 bridgehead atoms. The molecular weight excluding hydrogens is 450 g/mol. The van der Waals surface area contributed by atoms with Crippen molar-refractivity contribution in [1.29, 1.82) is 0 Å². The standard InChI is InChI=1S/C25H31N5O3S/c1-13-19(23-29-16-6-4-5-7-18(16)34-23)22(30-24(27-13)26-11-14-8-9-14)28-17-10-15(12-31)20-21(17)33-25(2,3)32-20/h4-7,14-15,17,20-21,31H,8-12H2,1-3H3,(H2,26,27,28,30)/t15-,17-,20-,21+/m1/s1. The van der Waals surface area contributed by atoms with Crippen molar-refractivity contribution in [2.24, 2.45) is 11.8 Å². The molecule has 3 N–H and O–H groups in total. The van der Waals surface area contributed by atoms with Gasteiger partial charge >= 0.3 is 0 Å². The van der Waals surface area contributed by atoms with Crippen LogP contribution in [0.5, 0.6) is 0 Å². The largest absolute Gasteiger partial charge is 0.396 e. The number of benzene rings is 1. The first-order valence-corrected chi connectivity index (χ1v) is 12.9. The monoisotopic (exact) mass is 481 g/mol. The van der Waals surface area contributed by atoms with E-state index in [0.29, 0.717) is 5.95 Å². The van der Waals surface area contributed by atoms with E-state index in [2.05, 4.69) is 16.7 Å². The number of rotatable bonds is 7. The molecule has 0 unspecified atom stereocenters. The minimum atomic E-state index is -0.669. The molecule has 8 nitrogen and oxygen atoms in total. The molecule has 6 rings (SSSR count). The van der Waals surface area contributed by atoms with Crippen LogP contribution in [-0.4, -0.2) is 57.2 Å². The van der Waals surface area contributed by atoms with E-state index in [1.165, 1.54) is 12.8 Å². The van der Waals surface area contributed by atoms with Gasteiger partial charge in [0.15, 0.2) is 5.79 Å². The lowest BCUT2D eigenvalue weighted by Crippen LogP contribution is -2.35. The van der Waals surface area contributed by atoms with Crippen molar-refractivity contribution in [3.05, 3.63) is 30.0 Å². The summed E-state index contributed by atoms with van der Waals surface area (Å²) in [7, 11) is 0. The summed E-state index contributed by atoms with van der Waals surface area (Å²) in [6.07, 6.45) is 2.98. The highest BCUT2D eigenvalue weighted by Crippen LogP contribution is 2.44. The molecule has 180 valence electrons. The fraction of sp³-hybridized carbons (Fsp3) is 0.560. The molecule has 2 aliphatic carbocycles. The molecule has 1 aliphatic heterocycles. The summed E-state index contributed by atoms with van der Waals surface area (Å²) in [4.78, 5) is 14.6. The first kappa shape index (κ1) is 22.2. The Bertz CT molecular complexity index is 1180. The van der Waals surface area contributed by atoms with Gasteiger partial charge in [0.2, 0.25) is 5.95 Å². The third kappa shape index (κ3) is 4.15. The highest BCUT2D eigenvalue weighted by molar-refractivity contribution is 7.21. The summed E-state index contributed by atoms with van der Waals surface area (Å²) in [5, 5.41) is 18.0. The number of aryl methyl sites for hydroxylation is 1. The molecule has 34 heavy (non-hydrogen) atoms. The zero-order valence-corrected chi connectivity index (χ0v) is 20.6. The fourth-order valence-electron chi connectivity index (χ4n) is 5.13. The maximum absolute atomic E-state index is 9.99. The number of aromatic nitrogens is 3. The highest BCUT2D eigenvalue weighted by atomic mass is 32.1. The van der Waals surface area contributed by atoms with Gasteiger partial charge in [-0.3, -0.25) is 0 Å². The summed E-state index contributed by atoms with van der Waals surface area (Å²) < 4.78 is 13.5. The summed E-state index contributed by atoms with van der Waals surface area (Å²) in [6.45, 7) is 6.84. The van der Waals surface area contributed by atoms with Crippen LogP contribution in [-0.2, 0) is 9.47 Å². The molecule has 3 heterocycles. The summed E-state index contributed by atoms with van der Waals surface area (Å²) in [6, 6.07) is 8.12. The third-order valence-corrected chi connectivity index (χ3v) is 8.04. The normalized spacial score (nSPS) is 27.8. The number of hydrogen-bond acceptors (Lipinski definition) is 9. The second-order valence-corrected chi connectivity index (χ2v) is 11.2. The highest BCUT2D eigenvalue weighted by Gasteiger charge is 2.54. The van der Waals surface area contributed by atoms with Gasteiger partial charge in [-0.25, -0.2) is 9.97 Å². The van der Waals surface area contributed by atoms with E-state index in [4.69, 9.17) is 24.4 Å². The van der Waals surface area contributed by atoms with E-state index in [9.17, 15) is 5.11 Å².